The van der Waals surface area contributed by atoms with Gasteiger partial charge in [-0.15, -0.1) is 0 Å². The van der Waals surface area contributed by atoms with Gasteiger partial charge in [0.05, 0.1) is 25.3 Å². The summed E-state index contributed by atoms with van der Waals surface area (Å²) >= 11 is 0. The number of anilines is 2. The lowest BCUT2D eigenvalue weighted by Crippen LogP contribution is -2.48. The first-order valence-corrected chi connectivity index (χ1v) is 12.0. The van der Waals surface area contributed by atoms with Crippen molar-refractivity contribution in [2.45, 2.75) is 40.2 Å². The number of esters is 1. The maximum atomic E-state index is 13.0. The van der Waals surface area contributed by atoms with Crippen LogP contribution in [0.25, 0.3) is 0 Å². The summed E-state index contributed by atoms with van der Waals surface area (Å²) in [7, 11) is 1.58. The Morgan fingerprint density at radius 1 is 1.03 bits per heavy atom. The van der Waals surface area contributed by atoms with Crippen LogP contribution in [0.4, 0.5) is 21.0 Å². The molecule has 0 fully saturated rings. The quantitative estimate of drug-likeness (QED) is 0.411. The van der Waals surface area contributed by atoms with Crippen molar-refractivity contribution in [3.8, 4) is 5.75 Å². The molecule has 9 heteroatoms. The van der Waals surface area contributed by atoms with E-state index in [0.717, 1.165) is 6.42 Å². The highest BCUT2D eigenvalue weighted by molar-refractivity contribution is 6.00. The molecule has 1 heterocycles. The number of hydrogen-bond donors (Lipinski definition) is 3. The van der Waals surface area contributed by atoms with E-state index in [0.29, 0.717) is 40.5 Å². The summed E-state index contributed by atoms with van der Waals surface area (Å²) in [6.45, 7) is 8.46. The van der Waals surface area contributed by atoms with Crippen LogP contribution in [0.2, 0.25) is 0 Å². The number of ether oxygens (including phenoxy) is 2. The lowest BCUT2D eigenvalue weighted by atomic mass is 9.94. The molecule has 1 atom stereocenters. The van der Waals surface area contributed by atoms with Crippen LogP contribution < -0.4 is 20.7 Å². The van der Waals surface area contributed by atoms with E-state index < -0.39 is 18.0 Å². The number of urea groups is 2. The van der Waals surface area contributed by atoms with Gasteiger partial charge in [-0.2, -0.15) is 0 Å². The summed E-state index contributed by atoms with van der Waals surface area (Å²) in [6, 6.07) is 12.6. The second kappa shape index (κ2) is 12.1. The second-order valence-electron chi connectivity index (χ2n) is 8.96. The molecule has 1 aliphatic rings. The van der Waals surface area contributed by atoms with Gasteiger partial charge in [0.2, 0.25) is 0 Å². The van der Waals surface area contributed by atoms with E-state index in [1.165, 1.54) is 0 Å². The SMILES string of the molecule is CCCN1C(=O)NC(c2ccc(NC(=O)Nc3ccc(OC)cc3)cc2)C(C(=O)OCC(C)C)=C1C. The number of carbonyl (C=O) groups excluding carboxylic acids is 3. The fraction of sp³-hybridized carbons (Fsp3) is 0.370. The molecule has 0 spiro atoms. The third-order valence-corrected chi connectivity index (χ3v) is 5.66. The highest BCUT2D eigenvalue weighted by Crippen LogP contribution is 2.32. The highest BCUT2D eigenvalue weighted by atomic mass is 16.5. The third kappa shape index (κ3) is 6.56. The number of nitrogens with one attached hydrogen (secondary N) is 3. The molecule has 0 bridgehead atoms. The molecule has 192 valence electrons. The van der Waals surface area contributed by atoms with Crippen LogP contribution in [0.1, 0.15) is 45.7 Å². The number of benzene rings is 2. The van der Waals surface area contributed by atoms with E-state index in [9.17, 15) is 14.4 Å². The molecule has 1 unspecified atom stereocenters. The van der Waals surface area contributed by atoms with Gasteiger partial charge in [-0.1, -0.05) is 32.9 Å². The molecule has 36 heavy (non-hydrogen) atoms. The molecule has 1 aliphatic heterocycles. The van der Waals surface area contributed by atoms with Gasteiger partial charge in [0.25, 0.3) is 0 Å². The van der Waals surface area contributed by atoms with Crippen molar-refractivity contribution >= 4 is 29.4 Å². The van der Waals surface area contributed by atoms with Gasteiger partial charge >= 0.3 is 18.0 Å². The normalized spacial score (nSPS) is 15.4. The number of allylic oxidation sites excluding steroid dienone is 1. The summed E-state index contributed by atoms with van der Waals surface area (Å²) in [6.07, 6.45) is 0.753. The molecule has 3 N–H and O–H groups in total. The number of rotatable bonds is 9. The van der Waals surface area contributed by atoms with E-state index in [4.69, 9.17) is 9.47 Å². The molecule has 0 aromatic heterocycles. The zero-order chi connectivity index (χ0) is 26.2. The zero-order valence-electron chi connectivity index (χ0n) is 21.4. The van der Waals surface area contributed by atoms with E-state index in [1.54, 1.807) is 67.5 Å². The summed E-state index contributed by atoms with van der Waals surface area (Å²) in [5.41, 5.74) is 2.87. The minimum absolute atomic E-state index is 0.188. The molecule has 0 radical (unpaired) electrons. The summed E-state index contributed by atoms with van der Waals surface area (Å²) in [5.74, 6) is 0.432. The van der Waals surface area contributed by atoms with Crippen molar-refractivity contribution in [2.75, 3.05) is 30.9 Å². The van der Waals surface area contributed by atoms with Crippen molar-refractivity contribution in [1.29, 1.82) is 0 Å². The zero-order valence-corrected chi connectivity index (χ0v) is 21.4. The minimum atomic E-state index is -0.660. The van der Waals surface area contributed by atoms with Gasteiger partial charge < -0.3 is 25.4 Å². The number of amides is 4. The molecule has 2 aromatic carbocycles. The Morgan fingerprint density at radius 3 is 2.14 bits per heavy atom. The fourth-order valence-electron chi connectivity index (χ4n) is 3.84. The Kier molecular flexibility index (Phi) is 8.94. The monoisotopic (exact) mass is 494 g/mol. The Labute approximate surface area is 211 Å². The Hall–Kier alpha value is -4.01. The Balaban J connectivity index is 1.77. The molecule has 9 nitrogen and oxygen atoms in total. The van der Waals surface area contributed by atoms with Crippen LogP contribution in [0.15, 0.2) is 59.8 Å². The number of hydrogen-bond acceptors (Lipinski definition) is 5. The summed E-state index contributed by atoms with van der Waals surface area (Å²) in [4.78, 5) is 39.8. The number of methoxy groups -OCH3 is 1. The van der Waals surface area contributed by atoms with Gasteiger partial charge in [0, 0.05) is 23.6 Å². The van der Waals surface area contributed by atoms with Gasteiger partial charge in [-0.25, -0.2) is 14.4 Å². The first-order valence-electron chi connectivity index (χ1n) is 12.0. The lowest BCUT2D eigenvalue weighted by Gasteiger charge is -2.35. The van der Waals surface area contributed by atoms with Crippen molar-refractivity contribution in [2.24, 2.45) is 5.92 Å². The lowest BCUT2D eigenvalue weighted by molar-refractivity contribution is -0.140. The first kappa shape index (κ1) is 26.6. The predicted octanol–water partition coefficient (Wildman–Crippen LogP) is 5.29. The van der Waals surface area contributed by atoms with Crippen LogP contribution in [0.5, 0.6) is 5.75 Å². The topological polar surface area (TPSA) is 109 Å². The molecule has 0 saturated carbocycles. The smallest absolute Gasteiger partial charge is 0.338 e. The largest absolute Gasteiger partial charge is 0.497 e. The standard InChI is InChI=1S/C27H34N4O5/c1-6-15-31-18(4)23(25(32)36-16-17(2)3)24(30-27(31)34)19-7-9-20(10-8-19)28-26(33)29-21-11-13-22(35-5)14-12-21/h7-14,17,24H,6,15-16H2,1-5H3,(H,30,34)(H2,28,29,33). The highest BCUT2D eigenvalue weighted by Gasteiger charge is 2.36. The number of carbonyl (C=O) groups is 3. The van der Waals surface area contributed by atoms with Crippen LogP contribution in [0, 0.1) is 5.92 Å². The molecular weight excluding hydrogens is 460 g/mol. The maximum absolute atomic E-state index is 13.0. The molecule has 4 amide bonds. The van der Waals surface area contributed by atoms with Gasteiger partial charge in [0.1, 0.15) is 5.75 Å². The van der Waals surface area contributed by atoms with Gasteiger partial charge in [0.15, 0.2) is 0 Å². The molecule has 2 aromatic rings. The van der Waals surface area contributed by atoms with Gasteiger partial charge in [-0.3, -0.25) is 4.90 Å². The first-order chi connectivity index (χ1) is 17.2. The summed E-state index contributed by atoms with van der Waals surface area (Å²) in [5, 5.41) is 8.47. The van der Waals surface area contributed by atoms with Crippen LogP contribution in [0.3, 0.4) is 0 Å². The van der Waals surface area contributed by atoms with Crippen molar-refractivity contribution < 1.29 is 23.9 Å². The summed E-state index contributed by atoms with van der Waals surface area (Å²) < 4.78 is 10.6. The van der Waals surface area contributed by atoms with Crippen molar-refractivity contribution in [3.63, 3.8) is 0 Å². The average Bonchev–Trinajstić information content (AvgIpc) is 2.85. The van der Waals surface area contributed by atoms with Crippen LogP contribution in [-0.4, -0.2) is 43.2 Å². The van der Waals surface area contributed by atoms with Crippen molar-refractivity contribution in [3.05, 3.63) is 65.4 Å². The Bertz CT molecular complexity index is 1110. The molecule has 0 saturated heterocycles. The van der Waals surface area contributed by atoms with Gasteiger partial charge in [-0.05, 0) is 61.2 Å². The van der Waals surface area contributed by atoms with E-state index in [2.05, 4.69) is 16.0 Å². The van der Waals surface area contributed by atoms with Crippen molar-refractivity contribution in [1.82, 2.24) is 10.2 Å². The van der Waals surface area contributed by atoms with E-state index in [-0.39, 0.29) is 18.6 Å². The second-order valence-corrected chi connectivity index (χ2v) is 8.96. The van der Waals surface area contributed by atoms with E-state index >= 15 is 0 Å². The maximum Gasteiger partial charge on any atom is 0.338 e. The van der Waals surface area contributed by atoms with Crippen LogP contribution >= 0.6 is 0 Å². The predicted molar refractivity (Wildman–Crippen MR) is 139 cm³/mol. The fourth-order valence-corrected chi connectivity index (χ4v) is 3.84. The number of nitrogens with zero attached hydrogens (tertiary/aromatic N) is 1. The minimum Gasteiger partial charge on any atom is -0.497 e. The molecular formula is C27H34N4O5. The molecule has 3 rings (SSSR count). The average molecular weight is 495 g/mol. The Morgan fingerprint density at radius 2 is 1.61 bits per heavy atom. The van der Waals surface area contributed by atoms with E-state index in [1.807, 2.05) is 20.8 Å². The molecule has 0 aliphatic carbocycles. The third-order valence-electron chi connectivity index (χ3n) is 5.66. The van der Waals surface area contributed by atoms with Crippen LogP contribution in [-0.2, 0) is 9.53 Å².